The standard InChI is InChI=1S/C13H22N4O2/c1-9(2)8-17-6-5-14-12(13(17)19)15-7-11(18)16-10(3)4/h5-6,9-10H,7-8H2,1-4H3,(H,14,15)(H,16,18). The Hall–Kier alpha value is -1.85. The minimum Gasteiger partial charge on any atom is -0.356 e. The Morgan fingerprint density at radius 2 is 2.05 bits per heavy atom. The molecule has 1 heterocycles. The van der Waals surface area contributed by atoms with Crippen molar-refractivity contribution in [1.82, 2.24) is 14.9 Å². The van der Waals surface area contributed by atoms with Gasteiger partial charge in [0.05, 0.1) is 6.54 Å². The lowest BCUT2D eigenvalue weighted by Gasteiger charge is -2.11. The Kier molecular flexibility index (Phi) is 5.54. The first kappa shape index (κ1) is 15.2. The largest absolute Gasteiger partial charge is 0.356 e. The van der Waals surface area contributed by atoms with E-state index in [1.807, 2.05) is 27.7 Å². The Morgan fingerprint density at radius 1 is 1.37 bits per heavy atom. The highest BCUT2D eigenvalue weighted by molar-refractivity contribution is 5.80. The average Bonchev–Trinajstić information content (AvgIpc) is 2.29. The first-order valence-electron chi connectivity index (χ1n) is 6.48. The van der Waals surface area contributed by atoms with E-state index in [1.54, 1.807) is 17.0 Å². The van der Waals surface area contributed by atoms with E-state index in [0.29, 0.717) is 12.5 Å². The summed E-state index contributed by atoms with van der Waals surface area (Å²) in [6, 6.07) is 0.0793. The summed E-state index contributed by atoms with van der Waals surface area (Å²) in [5.74, 6) is 0.426. The van der Waals surface area contributed by atoms with Gasteiger partial charge in [0.15, 0.2) is 5.82 Å². The van der Waals surface area contributed by atoms with Crippen molar-refractivity contribution in [2.24, 2.45) is 5.92 Å². The number of nitrogens with one attached hydrogen (secondary N) is 2. The van der Waals surface area contributed by atoms with Crippen molar-refractivity contribution >= 4 is 11.7 Å². The molecule has 1 amide bonds. The van der Waals surface area contributed by atoms with Crippen LogP contribution in [-0.2, 0) is 11.3 Å². The zero-order valence-corrected chi connectivity index (χ0v) is 11.9. The lowest BCUT2D eigenvalue weighted by molar-refractivity contribution is -0.119. The van der Waals surface area contributed by atoms with Crippen molar-refractivity contribution in [1.29, 1.82) is 0 Å². The molecule has 106 valence electrons. The molecular weight excluding hydrogens is 244 g/mol. The van der Waals surface area contributed by atoms with E-state index < -0.39 is 0 Å². The molecule has 6 nitrogen and oxygen atoms in total. The van der Waals surface area contributed by atoms with Crippen molar-refractivity contribution in [3.05, 3.63) is 22.7 Å². The quantitative estimate of drug-likeness (QED) is 0.800. The van der Waals surface area contributed by atoms with Gasteiger partial charge < -0.3 is 15.2 Å². The van der Waals surface area contributed by atoms with Crippen molar-refractivity contribution in [3.63, 3.8) is 0 Å². The zero-order chi connectivity index (χ0) is 14.4. The Balaban J connectivity index is 2.69. The van der Waals surface area contributed by atoms with Gasteiger partial charge in [0.2, 0.25) is 5.91 Å². The second kappa shape index (κ2) is 6.92. The molecule has 1 aromatic heterocycles. The maximum absolute atomic E-state index is 12.0. The number of carbonyl (C=O) groups excluding carboxylic acids is 1. The number of anilines is 1. The van der Waals surface area contributed by atoms with E-state index in [9.17, 15) is 9.59 Å². The Bertz CT molecular complexity index is 480. The van der Waals surface area contributed by atoms with Crippen LogP contribution in [-0.4, -0.2) is 28.0 Å². The predicted octanol–water partition coefficient (Wildman–Crippen LogP) is 0.836. The molecule has 19 heavy (non-hydrogen) atoms. The molecule has 0 bridgehead atoms. The van der Waals surface area contributed by atoms with Gasteiger partial charge in [-0.15, -0.1) is 0 Å². The molecule has 0 aliphatic rings. The van der Waals surface area contributed by atoms with E-state index in [-0.39, 0.29) is 29.9 Å². The summed E-state index contributed by atoms with van der Waals surface area (Å²) < 4.78 is 1.60. The summed E-state index contributed by atoms with van der Waals surface area (Å²) in [6.07, 6.45) is 3.22. The summed E-state index contributed by atoms with van der Waals surface area (Å²) in [5, 5.41) is 5.52. The highest BCUT2D eigenvalue weighted by atomic mass is 16.2. The summed E-state index contributed by atoms with van der Waals surface area (Å²) >= 11 is 0. The molecule has 2 N–H and O–H groups in total. The number of carbonyl (C=O) groups is 1. The summed E-state index contributed by atoms with van der Waals surface area (Å²) in [7, 11) is 0. The molecule has 0 aliphatic carbocycles. The van der Waals surface area contributed by atoms with Gasteiger partial charge in [-0.05, 0) is 19.8 Å². The van der Waals surface area contributed by atoms with Gasteiger partial charge in [-0.1, -0.05) is 13.8 Å². The maximum atomic E-state index is 12.0. The third-order valence-corrected chi connectivity index (χ3v) is 2.34. The normalized spacial score (nSPS) is 10.8. The van der Waals surface area contributed by atoms with E-state index in [4.69, 9.17) is 0 Å². The third-order valence-electron chi connectivity index (χ3n) is 2.34. The number of nitrogens with zero attached hydrogens (tertiary/aromatic N) is 2. The molecule has 0 atom stereocenters. The van der Waals surface area contributed by atoms with Crippen molar-refractivity contribution in [2.75, 3.05) is 11.9 Å². The summed E-state index contributed by atoms with van der Waals surface area (Å²) in [6.45, 7) is 8.52. The average molecular weight is 266 g/mol. The molecule has 1 rings (SSSR count). The number of aromatic nitrogens is 2. The molecule has 0 spiro atoms. The van der Waals surface area contributed by atoms with Crippen LogP contribution in [0.4, 0.5) is 5.82 Å². The van der Waals surface area contributed by atoms with Crippen LogP contribution in [0.2, 0.25) is 0 Å². The van der Waals surface area contributed by atoms with Crippen LogP contribution < -0.4 is 16.2 Å². The molecule has 0 saturated heterocycles. The van der Waals surface area contributed by atoms with Gasteiger partial charge in [0.1, 0.15) is 0 Å². The number of hydrogen-bond acceptors (Lipinski definition) is 4. The fourth-order valence-corrected chi connectivity index (χ4v) is 1.64. The van der Waals surface area contributed by atoms with Crippen molar-refractivity contribution < 1.29 is 4.79 Å². The van der Waals surface area contributed by atoms with Gasteiger partial charge >= 0.3 is 0 Å². The highest BCUT2D eigenvalue weighted by Crippen LogP contribution is 1.98. The van der Waals surface area contributed by atoms with Crippen LogP contribution in [0.25, 0.3) is 0 Å². The fraction of sp³-hybridized carbons (Fsp3) is 0.615. The second-order valence-electron chi connectivity index (χ2n) is 5.20. The molecule has 6 heteroatoms. The maximum Gasteiger partial charge on any atom is 0.293 e. The minimum atomic E-state index is -0.200. The van der Waals surface area contributed by atoms with Crippen LogP contribution in [0.3, 0.4) is 0 Å². The van der Waals surface area contributed by atoms with Gasteiger partial charge in [-0.3, -0.25) is 9.59 Å². The molecule has 0 unspecified atom stereocenters. The molecule has 0 aromatic carbocycles. The lowest BCUT2D eigenvalue weighted by atomic mass is 10.2. The van der Waals surface area contributed by atoms with Crippen LogP contribution in [0.15, 0.2) is 17.2 Å². The molecule has 0 fully saturated rings. The summed E-state index contributed by atoms with van der Waals surface area (Å²) in [4.78, 5) is 27.5. The SMILES string of the molecule is CC(C)Cn1ccnc(NCC(=O)NC(C)C)c1=O. The van der Waals surface area contributed by atoms with Crippen LogP contribution >= 0.6 is 0 Å². The van der Waals surface area contributed by atoms with Gasteiger partial charge in [0, 0.05) is 25.0 Å². The van der Waals surface area contributed by atoms with Crippen LogP contribution in [0, 0.1) is 5.92 Å². The first-order chi connectivity index (χ1) is 8.90. The van der Waals surface area contributed by atoms with Crippen LogP contribution in [0.5, 0.6) is 0 Å². The number of rotatable bonds is 6. The molecule has 0 radical (unpaired) electrons. The minimum absolute atomic E-state index is 0.0477. The molecule has 0 aliphatic heterocycles. The third kappa shape index (κ3) is 5.11. The second-order valence-corrected chi connectivity index (χ2v) is 5.20. The van der Waals surface area contributed by atoms with E-state index in [2.05, 4.69) is 15.6 Å². The molecule has 1 aromatic rings. The predicted molar refractivity (Wildman–Crippen MR) is 75.1 cm³/mol. The topological polar surface area (TPSA) is 76.0 Å². The highest BCUT2D eigenvalue weighted by Gasteiger charge is 2.08. The van der Waals surface area contributed by atoms with E-state index in [1.165, 1.54) is 0 Å². The monoisotopic (exact) mass is 266 g/mol. The van der Waals surface area contributed by atoms with Gasteiger partial charge in [0.25, 0.3) is 5.56 Å². The summed E-state index contributed by atoms with van der Waals surface area (Å²) in [5.41, 5.74) is -0.200. The number of amides is 1. The lowest BCUT2D eigenvalue weighted by Crippen LogP contribution is -2.36. The Morgan fingerprint density at radius 3 is 2.63 bits per heavy atom. The Labute approximate surface area is 113 Å². The smallest absolute Gasteiger partial charge is 0.293 e. The van der Waals surface area contributed by atoms with E-state index in [0.717, 1.165) is 0 Å². The van der Waals surface area contributed by atoms with Gasteiger partial charge in [-0.25, -0.2) is 4.98 Å². The fourth-order valence-electron chi connectivity index (χ4n) is 1.64. The van der Waals surface area contributed by atoms with E-state index >= 15 is 0 Å². The van der Waals surface area contributed by atoms with Crippen molar-refractivity contribution in [3.8, 4) is 0 Å². The molecule has 0 saturated carbocycles. The zero-order valence-electron chi connectivity index (χ0n) is 11.9. The van der Waals surface area contributed by atoms with Gasteiger partial charge in [-0.2, -0.15) is 0 Å². The number of hydrogen-bond donors (Lipinski definition) is 2. The molecular formula is C13H22N4O2. The van der Waals surface area contributed by atoms with Crippen LogP contribution in [0.1, 0.15) is 27.7 Å². The van der Waals surface area contributed by atoms with Crippen molar-refractivity contribution in [2.45, 2.75) is 40.3 Å². The first-order valence-corrected chi connectivity index (χ1v) is 6.48.